The fraction of sp³-hybridized carbons (Fsp3) is 0.500. The highest BCUT2D eigenvalue weighted by Crippen LogP contribution is 2.44. The number of benzene rings is 1. The topological polar surface area (TPSA) is 62.1 Å². The van der Waals surface area contributed by atoms with E-state index >= 15 is 0 Å². The fourth-order valence-corrected chi connectivity index (χ4v) is 2.78. The number of rotatable bonds is 5. The number of hydrogen-bond acceptors (Lipinski definition) is 3. The number of nitrogens with zero attached hydrogens (tertiary/aromatic N) is 1. The summed E-state index contributed by atoms with van der Waals surface area (Å²) < 4.78 is 5.68. The Bertz CT molecular complexity index is 544. The van der Waals surface area contributed by atoms with Crippen molar-refractivity contribution in [3.8, 4) is 11.8 Å². The van der Waals surface area contributed by atoms with Crippen molar-refractivity contribution < 1.29 is 9.53 Å². The van der Waals surface area contributed by atoms with Crippen molar-refractivity contribution in [2.24, 2.45) is 11.3 Å². The largest absolute Gasteiger partial charge is 0.489 e. The molecule has 0 radical (unpaired) electrons. The van der Waals surface area contributed by atoms with Crippen molar-refractivity contribution in [2.75, 3.05) is 6.54 Å². The second-order valence-electron chi connectivity index (χ2n) is 5.80. The molecule has 0 spiro atoms. The molecule has 1 aliphatic rings. The lowest BCUT2D eigenvalue weighted by molar-refractivity contribution is -0.134. The molecule has 5 heteroatoms. The SMILES string of the molecule is CC1CC(C#N)(C(=O)NCC(C)Oc2ccc(Cl)cc2)C1. The quantitative estimate of drug-likeness (QED) is 0.909. The number of nitriles is 1. The number of ether oxygens (including phenoxy) is 1. The molecule has 0 saturated heterocycles. The van der Waals surface area contributed by atoms with Gasteiger partial charge in [-0.05, 0) is 49.9 Å². The fourth-order valence-electron chi connectivity index (χ4n) is 2.65. The van der Waals surface area contributed by atoms with Crippen LogP contribution in [0.25, 0.3) is 0 Å². The summed E-state index contributed by atoms with van der Waals surface area (Å²) >= 11 is 5.81. The van der Waals surface area contributed by atoms with Gasteiger partial charge in [-0.2, -0.15) is 5.26 Å². The van der Waals surface area contributed by atoms with Gasteiger partial charge < -0.3 is 10.1 Å². The van der Waals surface area contributed by atoms with Gasteiger partial charge in [0.25, 0.3) is 0 Å². The number of carbonyl (C=O) groups is 1. The van der Waals surface area contributed by atoms with Crippen molar-refractivity contribution >= 4 is 17.5 Å². The minimum atomic E-state index is -0.834. The van der Waals surface area contributed by atoms with Crippen molar-refractivity contribution in [3.63, 3.8) is 0 Å². The molecule has 1 aromatic carbocycles. The number of hydrogen-bond donors (Lipinski definition) is 1. The zero-order valence-electron chi connectivity index (χ0n) is 12.2. The van der Waals surface area contributed by atoms with Gasteiger partial charge in [-0.1, -0.05) is 18.5 Å². The Morgan fingerprint density at radius 1 is 1.52 bits per heavy atom. The summed E-state index contributed by atoms with van der Waals surface area (Å²) in [4.78, 5) is 12.1. The molecule has 112 valence electrons. The molecule has 4 nitrogen and oxygen atoms in total. The molecular formula is C16H19ClN2O2. The van der Waals surface area contributed by atoms with Crippen LogP contribution in [-0.4, -0.2) is 18.6 Å². The Labute approximate surface area is 130 Å². The summed E-state index contributed by atoms with van der Waals surface area (Å²) in [6, 6.07) is 9.23. The highest BCUT2D eigenvalue weighted by Gasteiger charge is 2.48. The molecule has 1 unspecified atom stereocenters. The van der Waals surface area contributed by atoms with Crippen LogP contribution in [0.4, 0.5) is 0 Å². The zero-order valence-corrected chi connectivity index (χ0v) is 13.0. The Morgan fingerprint density at radius 2 is 2.14 bits per heavy atom. The van der Waals surface area contributed by atoms with Gasteiger partial charge >= 0.3 is 0 Å². The van der Waals surface area contributed by atoms with Crippen LogP contribution >= 0.6 is 11.6 Å². The van der Waals surface area contributed by atoms with E-state index < -0.39 is 5.41 Å². The maximum absolute atomic E-state index is 12.1. The van der Waals surface area contributed by atoms with Crippen molar-refractivity contribution in [2.45, 2.75) is 32.8 Å². The predicted octanol–water partition coefficient (Wildman–Crippen LogP) is 3.16. The average Bonchev–Trinajstić information content (AvgIpc) is 2.43. The monoisotopic (exact) mass is 306 g/mol. The molecule has 0 aliphatic heterocycles. The molecule has 1 aliphatic carbocycles. The third kappa shape index (κ3) is 3.68. The Kier molecular flexibility index (Phi) is 4.74. The molecular weight excluding hydrogens is 288 g/mol. The molecule has 1 aromatic rings. The van der Waals surface area contributed by atoms with E-state index in [0.717, 1.165) is 0 Å². The molecule has 1 saturated carbocycles. The number of nitrogens with one attached hydrogen (secondary N) is 1. The maximum atomic E-state index is 12.1. The van der Waals surface area contributed by atoms with Crippen LogP contribution in [0.15, 0.2) is 24.3 Å². The predicted molar refractivity (Wildman–Crippen MR) is 81.0 cm³/mol. The first-order chi connectivity index (χ1) is 9.95. The third-order valence-electron chi connectivity index (χ3n) is 3.74. The lowest BCUT2D eigenvalue weighted by atomic mass is 9.63. The van der Waals surface area contributed by atoms with Crippen LogP contribution in [-0.2, 0) is 4.79 Å². The van der Waals surface area contributed by atoms with Crippen LogP contribution in [0, 0.1) is 22.7 Å². The van der Waals surface area contributed by atoms with Crippen molar-refractivity contribution in [1.29, 1.82) is 5.26 Å². The van der Waals surface area contributed by atoms with Crippen LogP contribution in [0.2, 0.25) is 5.02 Å². The van der Waals surface area contributed by atoms with Gasteiger partial charge in [0.05, 0.1) is 12.6 Å². The van der Waals surface area contributed by atoms with Gasteiger partial charge in [0.2, 0.25) is 5.91 Å². The van der Waals surface area contributed by atoms with Crippen LogP contribution in [0.5, 0.6) is 5.75 Å². The lowest BCUT2D eigenvalue weighted by Gasteiger charge is -2.39. The summed E-state index contributed by atoms with van der Waals surface area (Å²) in [5.41, 5.74) is -0.834. The lowest BCUT2D eigenvalue weighted by Crippen LogP contribution is -2.49. The van der Waals surface area contributed by atoms with E-state index in [1.54, 1.807) is 24.3 Å². The van der Waals surface area contributed by atoms with Gasteiger partial charge in [-0.25, -0.2) is 0 Å². The smallest absolute Gasteiger partial charge is 0.240 e. The molecule has 1 atom stereocenters. The molecule has 1 fully saturated rings. The molecule has 0 heterocycles. The molecule has 0 aromatic heterocycles. The number of halogens is 1. The highest BCUT2D eigenvalue weighted by atomic mass is 35.5. The molecule has 1 N–H and O–H groups in total. The normalized spacial score (nSPS) is 25.3. The summed E-state index contributed by atoms with van der Waals surface area (Å²) in [7, 11) is 0. The van der Waals surface area contributed by atoms with Crippen LogP contribution in [0.1, 0.15) is 26.7 Å². The summed E-state index contributed by atoms with van der Waals surface area (Å²) in [5, 5.41) is 12.7. The van der Waals surface area contributed by atoms with Crippen LogP contribution < -0.4 is 10.1 Å². The molecule has 2 rings (SSSR count). The third-order valence-corrected chi connectivity index (χ3v) is 4.00. The van der Waals surface area contributed by atoms with E-state index in [-0.39, 0.29) is 12.0 Å². The molecule has 1 amide bonds. The van der Waals surface area contributed by atoms with E-state index in [9.17, 15) is 10.1 Å². The Balaban J connectivity index is 1.81. The first-order valence-corrected chi connectivity index (χ1v) is 7.45. The van der Waals surface area contributed by atoms with E-state index in [1.165, 1.54) is 0 Å². The van der Waals surface area contributed by atoms with Gasteiger partial charge in [-0.15, -0.1) is 0 Å². The standard InChI is InChI=1S/C16H19ClN2O2/c1-11-7-16(8-11,10-18)15(20)19-9-12(2)21-14-5-3-13(17)4-6-14/h3-6,11-12H,7-9H2,1-2H3,(H,19,20). The van der Waals surface area contributed by atoms with Gasteiger partial charge in [0.15, 0.2) is 0 Å². The summed E-state index contributed by atoms with van der Waals surface area (Å²) in [6.07, 6.45) is 1.10. The Morgan fingerprint density at radius 3 is 2.67 bits per heavy atom. The zero-order chi connectivity index (χ0) is 15.5. The second-order valence-corrected chi connectivity index (χ2v) is 6.24. The average molecular weight is 307 g/mol. The van der Waals surface area contributed by atoms with E-state index in [2.05, 4.69) is 18.3 Å². The first kappa shape index (κ1) is 15.7. The van der Waals surface area contributed by atoms with E-state index in [4.69, 9.17) is 16.3 Å². The van der Waals surface area contributed by atoms with Crippen molar-refractivity contribution in [1.82, 2.24) is 5.32 Å². The minimum Gasteiger partial charge on any atom is -0.489 e. The number of amides is 1. The van der Waals surface area contributed by atoms with E-state index in [1.807, 2.05) is 6.92 Å². The van der Waals surface area contributed by atoms with Gasteiger partial charge in [0.1, 0.15) is 17.3 Å². The molecule has 21 heavy (non-hydrogen) atoms. The van der Waals surface area contributed by atoms with E-state index in [0.29, 0.717) is 36.1 Å². The van der Waals surface area contributed by atoms with Crippen molar-refractivity contribution in [3.05, 3.63) is 29.3 Å². The Hall–Kier alpha value is -1.73. The number of carbonyl (C=O) groups excluding carboxylic acids is 1. The summed E-state index contributed by atoms with van der Waals surface area (Å²) in [5.74, 6) is 0.959. The van der Waals surface area contributed by atoms with Gasteiger partial charge in [-0.3, -0.25) is 4.79 Å². The summed E-state index contributed by atoms with van der Waals surface area (Å²) in [6.45, 7) is 4.30. The minimum absolute atomic E-state index is 0.177. The van der Waals surface area contributed by atoms with Crippen LogP contribution in [0.3, 0.4) is 0 Å². The first-order valence-electron chi connectivity index (χ1n) is 7.07. The highest BCUT2D eigenvalue weighted by molar-refractivity contribution is 6.30. The second kappa shape index (κ2) is 6.36. The molecule has 0 bridgehead atoms. The maximum Gasteiger partial charge on any atom is 0.240 e. The van der Waals surface area contributed by atoms with Gasteiger partial charge in [0, 0.05) is 5.02 Å².